The molecule has 0 spiro atoms. The molecular weight excluding hydrogens is 1860 g/mol. The summed E-state index contributed by atoms with van der Waals surface area (Å²) in [4.78, 5) is 119. The summed E-state index contributed by atoms with van der Waals surface area (Å²) < 4.78 is 100. The average Bonchev–Trinajstić information content (AvgIpc) is 0.837. The molecular formula is C105H109FNaO33P. The number of aliphatic carboxylic acids is 4. The summed E-state index contributed by atoms with van der Waals surface area (Å²) in [6.07, 6.45) is 9.55. The summed E-state index contributed by atoms with van der Waals surface area (Å²) in [5.74, 6) is 0.695. The number of aromatic hydroxyl groups is 2. The van der Waals surface area contributed by atoms with Crippen LogP contribution in [0.1, 0.15) is 119 Å². The molecule has 0 heterocycles. The van der Waals surface area contributed by atoms with Gasteiger partial charge in [0.15, 0.2) is 0 Å². The number of methoxy groups -OCH3 is 8. The van der Waals surface area contributed by atoms with Gasteiger partial charge in [-0.25, -0.2) is 23.6 Å². The van der Waals surface area contributed by atoms with Gasteiger partial charge in [0.25, 0.3) is 0 Å². The monoisotopic (exact) mass is 1970 g/mol. The number of benzene rings is 11. The van der Waals surface area contributed by atoms with Crippen molar-refractivity contribution in [2.24, 2.45) is 0 Å². The number of hydrogen-bond donors (Lipinski definition) is 6. The van der Waals surface area contributed by atoms with Crippen LogP contribution in [0.3, 0.4) is 0 Å². The van der Waals surface area contributed by atoms with E-state index in [0.717, 1.165) is 18.1 Å². The third kappa shape index (κ3) is 46.2. The third-order valence-electron chi connectivity index (χ3n) is 17.7. The van der Waals surface area contributed by atoms with E-state index >= 15 is 0 Å². The molecule has 0 radical (unpaired) electrons. The van der Waals surface area contributed by atoms with Crippen molar-refractivity contribution in [1.82, 2.24) is 0 Å². The normalized spacial score (nSPS) is 10.4. The topological polar surface area (TPSA) is 465 Å². The molecule has 11 aromatic rings. The van der Waals surface area contributed by atoms with Crippen molar-refractivity contribution in [3.05, 3.63) is 316 Å². The van der Waals surface area contributed by atoms with Crippen LogP contribution in [0.25, 0.3) is 41.0 Å². The number of carboxylic acids is 4. The molecule has 740 valence electrons. The Hall–Kier alpha value is -16.0. The van der Waals surface area contributed by atoms with E-state index in [1.54, 1.807) is 242 Å². The van der Waals surface area contributed by atoms with Crippen molar-refractivity contribution < 1.29 is 194 Å². The first-order chi connectivity index (χ1) is 67.0. The molecule has 33 nitrogen and oxygen atoms in total. The third-order valence-corrected chi connectivity index (χ3v) is 19.6. The van der Waals surface area contributed by atoms with Gasteiger partial charge in [-0.15, -0.1) is 0 Å². The Balaban J connectivity index is 0.000000578. The molecule has 0 amide bonds. The smallest absolute Gasteiger partial charge is 1.00 e. The van der Waals surface area contributed by atoms with E-state index in [-0.39, 0.29) is 97.4 Å². The van der Waals surface area contributed by atoms with Gasteiger partial charge in [-0.05, 0) is 254 Å². The zero-order valence-electron chi connectivity index (χ0n) is 81.0. The molecule has 36 heteroatoms. The first kappa shape index (κ1) is 119. The summed E-state index contributed by atoms with van der Waals surface area (Å²) >= 11 is 0. The molecule has 11 rings (SSSR count). The molecule has 6 N–H and O–H groups in total. The number of rotatable bonds is 36. The van der Waals surface area contributed by atoms with Crippen molar-refractivity contribution in [3.63, 3.8) is 0 Å². The number of ether oxygens (including phenoxy) is 13. The number of carboxylic acid groups (broad SMARTS) is 4. The van der Waals surface area contributed by atoms with Crippen LogP contribution < -0.4 is 76.9 Å². The molecule has 0 saturated heterocycles. The van der Waals surface area contributed by atoms with E-state index < -0.39 is 55.4 Å². The minimum atomic E-state index is -3.28. The second-order valence-corrected chi connectivity index (χ2v) is 29.9. The number of halogens is 1. The van der Waals surface area contributed by atoms with E-state index in [1.165, 1.54) is 117 Å². The van der Waals surface area contributed by atoms with Crippen molar-refractivity contribution in [2.75, 3.05) is 89.5 Å². The van der Waals surface area contributed by atoms with Crippen LogP contribution in [0.2, 0.25) is 0 Å². The molecule has 0 aliphatic carbocycles. The van der Waals surface area contributed by atoms with Gasteiger partial charge in [0, 0.05) is 60.9 Å². The van der Waals surface area contributed by atoms with Gasteiger partial charge in [-0.3, -0.25) is 38.1 Å². The molecule has 0 bridgehead atoms. The van der Waals surface area contributed by atoms with Crippen LogP contribution in [-0.4, -0.2) is 187 Å². The Bertz CT molecular complexity index is 5940. The molecule has 0 unspecified atom stereocenters. The molecule has 0 fully saturated rings. The Morgan fingerprint density at radius 1 is 0.348 bits per heavy atom. The Morgan fingerprint density at radius 2 is 0.624 bits per heavy atom. The van der Waals surface area contributed by atoms with Crippen LogP contribution in [0, 0.1) is 5.82 Å². The minimum absolute atomic E-state index is 0. The fourth-order valence-corrected chi connectivity index (χ4v) is 12.7. The van der Waals surface area contributed by atoms with Gasteiger partial charge in [-0.1, -0.05) is 60.7 Å². The fourth-order valence-electron chi connectivity index (χ4n) is 11.3. The van der Waals surface area contributed by atoms with E-state index in [9.17, 15) is 82.1 Å². The Morgan fingerprint density at radius 3 is 0.887 bits per heavy atom. The Labute approximate surface area is 837 Å². The number of hydrogen-bond acceptors (Lipinski definition) is 29. The maximum atomic E-state index is 12.1. The maximum absolute atomic E-state index is 12.1. The molecule has 0 atom stereocenters. The van der Waals surface area contributed by atoms with Gasteiger partial charge in [0.1, 0.15) is 111 Å². The second-order valence-electron chi connectivity index (χ2n) is 27.8. The summed E-state index contributed by atoms with van der Waals surface area (Å²) in [5, 5.41) is 55.4. The van der Waals surface area contributed by atoms with E-state index in [4.69, 9.17) is 71.4 Å². The Kier molecular flexibility index (Phi) is 54.9. The maximum Gasteiger partial charge on any atom is 1.00 e. The zero-order chi connectivity index (χ0) is 104. The van der Waals surface area contributed by atoms with Gasteiger partial charge in [-0.2, -0.15) is 0 Å². The molecule has 0 aliphatic heterocycles. The number of phenols is 2. The molecule has 11 aromatic carbocycles. The van der Waals surface area contributed by atoms with Crippen LogP contribution in [0.15, 0.2) is 249 Å². The molecule has 0 aliphatic rings. The first-order valence-electron chi connectivity index (χ1n) is 42.0. The summed E-state index contributed by atoms with van der Waals surface area (Å²) in [7, 11) is 9.00. The van der Waals surface area contributed by atoms with E-state index in [0.29, 0.717) is 138 Å². The van der Waals surface area contributed by atoms with Crippen molar-refractivity contribution >= 4 is 115 Å². The van der Waals surface area contributed by atoms with Crippen LogP contribution in [-0.2, 0) is 72.6 Å². The summed E-state index contributed by atoms with van der Waals surface area (Å²) in [6.45, 7) is 10.3. The van der Waals surface area contributed by atoms with E-state index in [2.05, 4.69) is 9.47 Å². The van der Waals surface area contributed by atoms with Crippen LogP contribution in [0.5, 0.6) is 80.5 Å². The van der Waals surface area contributed by atoms with Crippen molar-refractivity contribution in [1.29, 1.82) is 0 Å². The molecule has 141 heavy (non-hydrogen) atoms. The van der Waals surface area contributed by atoms with Crippen molar-refractivity contribution in [3.8, 4) is 80.5 Å². The minimum Gasteiger partial charge on any atom is -1.00 e. The van der Waals surface area contributed by atoms with Gasteiger partial charge in [0.2, 0.25) is 0 Å². The fraction of sp³-hybridized carbons (Fsp3) is 0.190. The van der Waals surface area contributed by atoms with Gasteiger partial charge >= 0.3 is 84.9 Å². The number of carbonyl (C=O) groups is 11. The SMILES string of the molecule is CC(=O)OC(C)=O.CCOC(=O)/C=C/c1ccc(Oc2ccc(/C(=C\c3cc(OC)cc(OC)c3)C(=O)O)cc2)cc1.CCOC(=O)CP(=O)(OCC)OCC.COc1cc(/C=C(/C(=O)O)c2ccc(O)cc2)cc(OC)c1.COc1cc(/C=C(/C(=O)O)c2ccc(Oc3ccc(C=O)cc3)cc2)cc(OC)c1.COc1cc(C=O)cc(OC)c1.O=C(O)Cc1ccc(O)cc1.O=Cc1ccc(F)cc1.[H-].[Na+]. The quantitative estimate of drug-likeness (QED) is 0.00310. The predicted octanol–water partition coefficient (Wildman–Crippen LogP) is 16.9. The summed E-state index contributed by atoms with van der Waals surface area (Å²) in [6, 6.07) is 65.3. The number of carbonyl (C=O) groups excluding carboxylic acids is 7. The largest absolute Gasteiger partial charge is 1.00 e. The number of phenolic OH excluding ortho intramolecular Hbond substituents is 2. The average molecular weight is 1970 g/mol. The zero-order valence-corrected chi connectivity index (χ0v) is 82.9. The van der Waals surface area contributed by atoms with Crippen LogP contribution in [0.4, 0.5) is 4.39 Å². The standard InChI is InChI=1S/C28H26O7.C24H20O6.C17H16O5.C9H10O3.C8H17O5P.C8H8O3.C7H5FO.C4H6O3.Na.H/c1-4-34-27(29)14-7-19-5-10-22(11-6-19)35-23-12-8-21(9-13-23)26(28(30)31)17-20-15-24(32-2)18-25(16-20)33-3;1-28-21-11-17(12-22(14-21)29-2)13-23(24(26)27)18-5-9-20(10-6-18)30-19-7-3-16(15-25)4-8-19;1-21-14-7-11(8-15(10-14)22-2)9-16(17(19)20)12-3-5-13(18)6-4-12;1-11-8-3-7(6-10)4-9(5-8)12-2;1-4-11-8(9)7-14(10,12-5-2)13-6-3;9-7-3-1-6(2-4-7)5-8(10)11;8-7-3-1-6(5-9)2-4-7;1-3(5)7-4(2)6;;/h5-18H,4H2,1-3H3,(H,30,31);3-15H,1-2H3,(H,26,27);3-10,18H,1-2H3,(H,19,20);3-6H,1-2H3;4-7H2,1-3H3;1-4,9H,5H2,(H,10,11);1-5H;1-2H3;;/q;;;;;;;;+1;-1/b14-7+,26-17+;23-13+;16-9+;;;;;;;. The van der Waals surface area contributed by atoms with Crippen molar-refractivity contribution in [2.45, 2.75) is 48.0 Å². The predicted molar refractivity (Wildman–Crippen MR) is 522 cm³/mol. The number of esters is 4. The van der Waals surface area contributed by atoms with Gasteiger partial charge < -0.3 is 103 Å². The number of aldehydes is 3. The van der Waals surface area contributed by atoms with E-state index in [1.807, 2.05) is 12.1 Å². The second kappa shape index (κ2) is 64.9. The summed E-state index contributed by atoms with van der Waals surface area (Å²) in [5.41, 5.74) is 6.90. The molecule has 0 saturated carbocycles. The molecule has 0 aromatic heterocycles. The van der Waals surface area contributed by atoms with Crippen LogP contribution >= 0.6 is 7.60 Å². The van der Waals surface area contributed by atoms with Gasteiger partial charge in [0.05, 0.1) is 106 Å². The first-order valence-corrected chi connectivity index (χ1v) is 43.7.